The van der Waals surface area contributed by atoms with Crippen LogP contribution in [-0.2, 0) is 33.5 Å². The Labute approximate surface area is 253 Å². The molecule has 0 saturated carbocycles. The highest BCUT2D eigenvalue weighted by Crippen LogP contribution is 2.29. The number of fused-ring (bicyclic) bond motifs is 1. The van der Waals surface area contributed by atoms with Crippen molar-refractivity contribution in [1.29, 1.82) is 5.41 Å². The number of amides is 1. The quantitative estimate of drug-likeness (QED) is 0.106. The molecule has 1 aromatic heterocycles. The number of aryl methyl sites for hydroxylation is 1. The molecular weight excluding hydrogens is 565 g/mol. The van der Waals surface area contributed by atoms with Gasteiger partial charge in [0.05, 0.1) is 30.7 Å². The van der Waals surface area contributed by atoms with Crippen molar-refractivity contribution in [2.45, 2.75) is 51.6 Å². The third-order valence-corrected chi connectivity index (χ3v) is 7.37. The predicted molar refractivity (Wildman–Crippen MR) is 167 cm³/mol. The lowest BCUT2D eigenvalue weighted by atomic mass is 9.89. The van der Waals surface area contributed by atoms with E-state index in [9.17, 15) is 9.59 Å². The van der Waals surface area contributed by atoms with Gasteiger partial charge < -0.3 is 25.3 Å². The van der Waals surface area contributed by atoms with Gasteiger partial charge in [-0.15, -0.1) is 24.8 Å². The predicted octanol–water partition coefficient (Wildman–Crippen LogP) is 4.08. The van der Waals surface area contributed by atoms with E-state index in [-0.39, 0.29) is 49.1 Å². The molecule has 1 fully saturated rings. The molecule has 0 unspecified atom stereocenters. The third kappa shape index (κ3) is 7.90. The Kier molecular flexibility index (Phi) is 12.4. The highest BCUT2D eigenvalue weighted by Gasteiger charge is 2.39. The number of rotatable bonds is 12. The number of amidine groups is 1. The van der Waals surface area contributed by atoms with E-state index in [1.165, 1.54) is 0 Å². The molecule has 0 aliphatic carbocycles. The molecule has 1 amide bonds. The number of benzene rings is 2. The van der Waals surface area contributed by atoms with E-state index in [0.29, 0.717) is 31.8 Å². The van der Waals surface area contributed by atoms with Crippen molar-refractivity contribution in [2.24, 2.45) is 12.8 Å². The summed E-state index contributed by atoms with van der Waals surface area (Å²) in [4.78, 5) is 32.8. The zero-order valence-corrected chi connectivity index (χ0v) is 25.5. The van der Waals surface area contributed by atoms with Crippen molar-refractivity contribution in [1.82, 2.24) is 19.8 Å². The number of nitrogens with one attached hydrogen (secondary N) is 3. The van der Waals surface area contributed by atoms with Crippen LogP contribution >= 0.6 is 24.8 Å². The minimum Gasteiger partial charge on any atom is -0.465 e. The first-order chi connectivity index (χ1) is 18.7. The SMILES string of the molecule is CCCCOC(=O)CN[C@@](C)(C(=O)N1CCCC1)c1ccc2c(c1)nc(CNc1ccc(C(=N)N)cc1)n2C.Cl.Cl. The maximum atomic E-state index is 13.7. The molecule has 0 bridgehead atoms. The van der Waals surface area contributed by atoms with Gasteiger partial charge in [0.25, 0.3) is 0 Å². The summed E-state index contributed by atoms with van der Waals surface area (Å²) in [5, 5.41) is 14.1. The molecule has 1 aliphatic heterocycles. The Hall–Kier alpha value is -3.34. The van der Waals surface area contributed by atoms with E-state index in [1.54, 1.807) is 12.1 Å². The number of halogens is 2. The Morgan fingerprint density at radius 2 is 1.80 bits per heavy atom. The fraction of sp³-hybridized carbons (Fsp3) is 0.448. The van der Waals surface area contributed by atoms with Crippen LogP contribution in [0, 0.1) is 5.41 Å². The Balaban J connectivity index is 0.00000294. The van der Waals surface area contributed by atoms with Crippen LogP contribution in [0.5, 0.6) is 0 Å². The topological polar surface area (TPSA) is 138 Å². The Morgan fingerprint density at radius 1 is 1.12 bits per heavy atom. The van der Waals surface area contributed by atoms with Crippen LogP contribution in [-0.4, -0.2) is 58.4 Å². The lowest BCUT2D eigenvalue weighted by Gasteiger charge is -2.34. The third-order valence-electron chi connectivity index (χ3n) is 7.37. The summed E-state index contributed by atoms with van der Waals surface area (Å²) in [5.74, 6) is 0.448. The van der Waals surface area contributed by atoms with Crippen LogP contribution in [0.1, 0.15) is 56.5 Å². The molecule has 41 heavy (non-hydrogen) atoms. The second-order valence-corrected chi connectivity index (χ2v) is 10.2. The average molecular weight is 607 g/mol. The number of hydrogen-bond donors (Lipinski definition) is 4. The van der Waals surface area contributed by atoms with Gasteiger partial charge in [0.1, 0.15) is 17.2 Å². The van der Waals surface area contributed by atoms with Crippen molar-refractivity contribution >= 4 is 59.2 Å². The van der Waals surface area contributed by atoms with Crippen LogP contribution in [0.25, 0.3) is 11.0 Å². The normalized spacial score (nSPS) is 14.1. The molecule has 4 rings (SSSR count). The fourth-order valence-electron chi connectivity index (χ4n) is 4.84. The number of aromatic nitrogens is 2. The maximum absolute atomic E-state index is 13.7. The van der Waals surface area contributed by atoms with Gasteiger partial charge >= 0.3 is 5.97 Å². The summed E-state index contributed by atoms with van der Waals surface area (Å²) < 4.78 is 7.35. The fourth-order valence-corrected chi connectivity index (χ4v) is 4.84. The number of nitrogens with zero attached hydrogens (tertiary/aromatic N) is 3. The van der Waals surface area contributed by atoms with Crippen LogP contribution in [0.4, 0.5) is 5.69 Å². The lowest BCUT2D eigenvalue weighted by molar-refractivity contribution is -0.144. The van der Waals surface area contributed by atoms with Crippen molar-refractivity contribution in [3.05, 3.63) is 59.4 Å². The number of ether oxygens (including phenoxy) is 1. The summed E-state index contributed by atoms with van der Waals surface area (Å²) in [6.07, 6.45) is 3.72. The van der Waals surface area contributed by atoms with Gasteiger partial charge in [-0.05, 0) is 68.1 Å². The van der Waals surface area contributed by atoms with Crippen molar-refractivity contribution in [3.63, 3.8) is 0 Å². The second-order valence-electron chi connectivity index (χ2n) is 10.2. The first kappa shape index (κ1) is 33.9. The number of nitrogen functional groups attached to an aromatic ring is 1. The summed E-state index contributed by atoms with van der Waals surface area (Å²) in [7, 11) is 1.96. The highest BCUT2D eigenvalue weighted by atomic mass is 35.5. The van der Waals surface area contributed by atoms with Gasteiger partial charge in [-0.3, -0.25) is 20.3 Å². The van der Waals surface area contributed by atoms with Crippen molar-refractivity contribution in [3.8, 4) is 0 Å². The average Bonchev–Trinajstić information content (AvgIpc) is 3.58. The van der Waals surface area contributed by atoms with E-state index in [2.05, 4.69) is 10.6 Å². The number of esters is 1. The molecule has 2 heterocycles. The summed E-state index contributed by atoms with van der Waals surface area (Å²) in [6.45, 7) is 6.12. The molecule has 224 valence electrons. The number of carbonyl (C=O) groups is 2. The number of hydrogen-bond acceptors (Lipinski definition) is 7. The molecular formula is C29H41Cl2N7O3. The summed E-state index contributed by atoms with van der Waals surface area (Å²) in [6, 6.07) is 13.2. The minimum atomic E-state index is -1.10. The Bertz CT molecular complexity index is 1340. The van der Waals surface area contributed by atoms with Crippen LogP contribution in [0.2, 0.25) is 0 Å². The maximum Gasteiger partial charge on any atom is 0.319 e. The summed E-state index contributed by atoms with van der Waals surface area (Å²) in [5.41, 5.74) is 8.48. The van der Waals surface area contributed by atoms with Gasteiger partial charge in [0.2, 0.25) is 5.91 Å². The number of carbonyl (C=O) groups excluding carboxylic acids is 2. The smallest absolute Gasteiger partial charge is 0.319 e. The van der Waals surface area contributed by atoms with E-state index in [4.69, 9.17) is 20.9 Å². The highest BCUT2D eigenvalue weighted by molar-refractivity contribution is 5.95. The number of imidazole rings is 1. The zero-order valence-electron chi connectivity index (χ0n) is 23.9. The van der Waals surface area contributed by atoms with Gasteiger partial charge in [0, 0.05) is 31.4 Å². The molecule has 0 radical (unpaired) electrons. The van der Waals surface area contributed by atoms with Gasteiger partial charge in [-0.25, -0.2) is 4.98 Å². The molecule has 5 N–H and O–H groups in total. The first-order valence-corrected chi connectivity index (χ1v) is 13.6. The lowest BCUT2D eigenvalue weighted by Crippen LogP contribution is -2.54. The van der Waals surface area contributed by atoms with Crippen LogP contribution in [0.15, 0.2) is 42.5 Å². The number of nitrogens with two attached hydrogens (primary N) is 1. The van der Waals surface area contributed by atoms with Crippen LogP contribution < -0.4 is 16.4 Å². The molecule has 1 atom stereocenters. The van der Waals surface area contributed by atoms with E-state index in [0.717, 1.165) is 53.8 Å². The largest absolute Gasteiger partial charge is 0.465 e. The molecule has 0 spiro atoms. The monoisotopic (exact) mass is 605 g/mol. The standard InChI is InChI=1S/C29H39N7O3.2ClH/c1-4-5-16-39-26(37)19-33-29(2,28(38)36-14-6-7-15-36)21-10-13-24-23(17-21)34-25(35(24)3)18-32-22-11-8-20(9-12-22)27(30)31;;/h8-13,17,32-33H,4-7,14-16,18-19H2,1-3H3,(H3,30,31);2*1H/t29-;;/m1../s1. The molecule has 10 nitrogen and oxygen atoms in total. The van der Waals surface area contributed by atoms with E-state index >= 15 is 0 Å². The molecule has 2 aromatic carbocycles. The molecule has 3 aromatic rings. The first-order valence-electron chi connectivity index (χ1n) is 13.6. The summed E-state index contributed by atoms with van der Waals surface area (Å²) >= 11 is 0. The zero-order chi connectivity index (χ0) is 28.0. The molecule has 12 heteroatoms. The van der Waals surface area contributed by atoms with Gasteiger partial charge in [-0.2, -0.15) is 0 Å². The van der Waals surface area contributed by atoms with Crippen LogP contribution in [0.3, 0.4) is 0 Å². The van der Waals surface area contributed by atoms with E-state index < -0.39 is 5.54 Å². The van der Waals surface area contributed by atoms with E-state index in [1.807, 2.05) is 60.7 Å². The molecule has 1 aliphatic rings. The van der Waals surface area contributed by atoms with Gasteiger partial charge in [0.15, 0.2) is 0 Å². The number of unbranched alkanes of at least 4 members (excludes halogenated alkanes) is 1. The van der Waals surface area contributed by atoms with Gasteiger partial charge in [-0.1, -0.05) is 19.4 Å². The molecule has 1 saturated heterocycles. The Morgan fingerprint density at radius 3 is 2.44 bits per heavy atom. The number of likely N-dealkylation sites (tertiary alicyclic amines) is 1. The minimum absolute atomic E-state index is 0. The van der Waals surface area contributed by atoms with Crippen molar-refractivity contribution in [2.75, 3.05) is 31.6 Å². The number of anilines is 1. The van der Waals surface area contributed by atoms with Crippen molar-refractivity contribution < 1.29 is 14.3 Å². The second kappa shape index (κ2) is 15.0.